The van der Waals surface area contributed by atoms with Crippen molar-refractivity contribution < 1.29 is 18.9 Å². The number of ether oxygens (including phenoxy) is 4. The first-order valence-corrected chi connectivity index (χ1v) is 8.99. The topological polar surface area (TPSA) is 64.6 Å². The van der Waals surface area contributed by atoms with E-state index < -0.39 is 0 Å². The van der Waals surface area contributed by atoms with Crippen molar-refractivity contribution in [1.82, 2.24) is 10.2 Å². The molecule has 1 heterocycles. The Morgan fingerprint density at radius 2 is 1.92 bits per heavy atom. The van der Waals surface area contributed by atoms with Crippen LogP contribution in [0.2, 0.25) is 0 Å². The summed E-state index contributed by atoms with van der Waals surface area (Å²) in [5.41, 5.74) is 0.892. The van der Waals surface area contributed by atoms with Crippen LogP contribution in [0, 0.1) is 5.92 Å². The Morgan fingerprint density at radius 1 is 1.23 bits per heavy atom. The van der Waals surface area contributed by atoms with Gasteiger partial charge < -0.3 is 29.2 Å². The molecule has 0 amide bonds. The fourth-order valence-electron chi connectivity index (χ4n) is 3.06. The molecule has 1 aliphatic heterocycles. The molecule has 146 valence electrons. The Bertz CT molecular complexity index is 575. The van der Waals surface area contributed by atoms with E-state index in [1.54, 1.807) is 21.3 Å². The lowest BCUT2D eigenvalue weighted by Gasteiger charge is -2.24. The summed E-state index contributed by atoms with van der Waals surface area (Å²) in [6.45, 7) is 5.92. The average molecular weight is 365 g/mol. The smallest absolute Gasteiger partial charge is 0.194 e. The number of nitrogens with zero attached hydrogens (tertiary/aromatic N) is 2. The maximum absolute atomic E-state index is 5.51. The molecule has 1 saturated heterocycles. The van der Waals surface area contributed by atoms with Crippen LogP contribution >= 0.6 is 0 Å². The van der Waals surface area contributed by atoms with Crippen LogP contribution in [0.4, 0.5) is 0 Å². The molecule has 1 fully saturated rings. The van der Waals surface area contributed by atoms with Crippen molar-refractivity contribution in [3.63, 3.8) is 0 Å². The van der Waals surface area contributed by atoms with Gasteiger partial charge in [-0.15, -0.1) is 0 Å². The zero-order valence-corrected chi connectivity index (χ0v) is 16.5. The van der Waals surface area contributed by atoms with Gasteiger partial charge in [0, 0.05) is 44.8 Å². The minimum absolute atomic E-state index is 0.449. The Balaban J connectivity index is 2.19. The van der Waals surface area contributed by atoms with Crippen LogP contribution in [0.25, 0.3) is 0 Å². The number of aliphatic imine (C=N–C) groups is 1. The molecule has 2 rings (SSSR count). The molecule has 7 nitrogen and oxygen atoms in total. The summed E-state index contributed by atoms with van der Waals surface area (Å²) < 4.78 is 21.8. The lowest BCUT2D eigenvalue weighted by molar-refractivity contribution is 0.181. The van der Waals surface area contributed by atoms with Gasteiger partial charge in [-0.3, -0.25) is 0 Å². The maximum atomic E-state index is 5.51. The second-order valence-electron chi connectivity index (χ2n) is 6.29. The second kappa shape index (κ2) is 10.1. The average Bonchev–Trinajstić information content (AvgIpc) is 3.17. The number of nitrogens with one attached hydrogen (secondary N) is 1. The minimum atomic E-state index is 0.449. The summed E-state index contributed by atoms with van der Waals surface area (Å²) in [5.74, 6) is 3.50. The van der Waals surface area contributed by atoms with Gasteiger partial charge in [0.25, 0.3) is 0 Å². The zero-order valence-electron chi connectivity index (χ0n) is 16.5. The molecular weight excluding hydrogens is 334 g/mol. The van der Waals surface area contributed by atoms with Gasteiger partial charge in [0.15, 0.2) is 5.96 Å². The standard InChI is InChI=1S/C19H31N3O4/c1-6-20-19(22(2)12-14-7-8-26-13-14)21-11-16-17(24-4)9-15(23-3)10-18(16)25-5/h9-10,14H,6-8,11-13H2,1-5H3,(H,20,21). The zero-order chi connectivity index (χ0) is 18.9. The van der Waals surface area contributed by atoms with Crippen molar-refractivity contribution in [2.24, 2.45) is 10.9 Å². The Labute approximate surface area is 156 Å². The van der Waals surface area contributed by atoms with E-state index in [9.17, 15) is 0 Å². The van der Waals surface area contributed by atoms with Gasteiger partial charge >= 0.3 is 0 Å². The quantitative estimate of drug-likeness (QED) is 0.563. The molecule has 26 heavy (non-hydrogen) atoms. The van der Waals surface area contributed by atoms with E-state index in [1.807, 2.05) is 12.1 Å². The molecule has 0 aliphatic carbocycles. The number of benzene rings is 1. The highest BCUT2D eigenvalue weighted by molar-refractivity contribution is 5.79. The Kier molecular flexibility index (Phi) is 7.84. The molecule has 1 aromatic rings. The van der Waals surface area contributed by atoms with E-state index in [2.05, 4.69) is 24.2 Å². The first-order valence-electron chi connectivity index (χ1n) is 8.99. The van der Waals surface area contributed by atoms with Crippen LogP contribution in [-0.4, -0.2) is 65.5 Å². The third-order valence-corrected chi connectivity index (χ3v) is 4.46. The summed E-state index contributed by atoms with van der Waals surface area (Å²) in [6, 6.07) is 3.69. The monoisotopic (exact) mass is 365 g/mol. The number of methoxy groups -OCH3 is 3. The number of hydrogen-bond donors (Lipinski definition) is 1. The fourth-order valence-corrected chi connectivity index (χ4v) is 3.06. The minimum Gasteiger partial charge on any atom is -0.496 e. The number of guanidine groups is 1. The largest absolute Gasteiger partial charge is 0.496 e. The van der Waals surface area contributed by atoms with Crippen LogP contribution in [0.1, 0.15) is 18.9 Å². The SMILES string of the molecule is CCNC(=NCc1c(OC)cc(OC)cc1OC)N(C)CC1CCOC1. The van der Waals surface area contributed by atoms with E-state index in [0.29, 0.717) is 29.7 Å². The second-order valence-corrected chi connectivity index (χ2v) is 6.29. The lowest BCUT2D eigenvalue weighted by Crippen LogP contribution is -2.41. The van der Waals surface area contributed by atoms with Crippen LogP contribution in [-0.2, 0) is 11.3 Å². The molecular formula is C19H31N3O4. The highest BCUT2D eigenvalue weighted by Crippen LogP contribution is 2.34. The Morgan fingerprint density at radius 3 is 2.42 bits per heavy atom. The molecule has 1 aliphatic rings. The third-order valence-electron chi connectivity index (χ3n) is 4.46. The summed E-state index contributed by atoms with van der Waals surface area (Å²) in [6.07, 6.45) is 1.10. The van der Waals surface area contributed by atoms with Gasteiger partial charge in [0.05, 0.1) is 40.0 Å². The normalized spacial score (nSPS) is 17.1. The fraction of sp³-hybridized carbons (Fsp3) is 0.632. The van der Waals surface area contributed by atoms with Crippen LogP contribution in [0.15, 0.2) is 17.1 Å². The van der Waals surface area contributed by atoms with Gasteiger partial charge in [-0.05, 0) is 13.3 Å². The van der Waals surface area contributed by atoms with Crippen LogP contribution < -0.4 is 19.5 Å². The van der Waals surface area contributed by atoms with Gasteiger partial charge in [-0.25, -0.2) is 4.99 Å². The van der Waals surface area contributed by atoms with Gasteiger partial charge in [0.1, 0.15) is 17.2 Å². The van der Waals surface area contributed by atoms with E-state index in [1.165, 1.54) is 0 Å². The van der Waals surface area contributed by atoms with Gasteiger partial charge in [-0.2, -0.15) is 0 Å². The van der Waals surface area contributed by atoms with E-state index in [0.717, 1.165) is 44.2 Å². The van der Waals surface area contributed by atoms with E-state index >= 15 is 0 Å². The van der Waals surface area contributed by atoms with Crippen molar-refractivity contribution in [2.45, 2.75) is 19.9 Å². The predicted molar refractivity (Wildman–Crippen MR) is 102 cm³/mol. The molecule has 0 bridgehead atoms. The molecule has 0 radical (unpaired) electrons. The number of rotatable bonds is 8. The predicted octanol–water partition coefficient (Wildman–Crippen LogP) is 2.15. The lowest BCUT2D eigenvalue weighted by atomic mass is 10.1. The summed E-state index contributed by atoms with van der Waals surface area (Å²) in [7, 11) is 6.96. The van der Waals surface area contributed by atoms with Gasteiger partial charge in [-0.1, -0.05) is 0 Å². The van der Waals surface area contributed by atoms with E-state index in [4.69, 9.17) is 23.9 Å². The van der Waals surface area contributed by atoms with Crippen molar-refractivity contribution in [3.05, 3.63) is 17.7 Å². The maximum Gasteiger partial charge on any atom is 0.194 e. The van der Waals surface area contributed by atoms with Crippen LogP contribution in [0.5, 0.6) is 17.2 Å². The highest BCUT2D eigenvalue weighted by atomic mass is 16.5. The Hall–Kier alpha value is -2.15. The molecule has 1 aromatic carbocycles. The van der Waals surface area contributed by atoms with Crippen molar-refractivity contribution in [1.29, 1.82) is 0 Å². The highest BCUT2D eigenvalue weighted by Gasteiger charge is 2.19. The molecule has 0 spiro atoms. The molecule has 1 unspecified atom stereocenters. The van der Waals surface area contributed by atoms with E-state index in [-0.39, 0.29) is 0 Å². The molecule has 1 atom stereocenters. The summed E-state index contributed by atoms with van der Waals surface area (Å²) >= 11 is 0. The van der Waals surface area contributed by atoms with Crippen molar-refractivity contribution in [3.8, 4) is 17.2 Å². The molecule has 7 heteroatoms. The van der Waals surface area contributed by atoms with Gasteiger partial charge in [0.2, 0.25) is 0 Å². The first-order chi connectivity index (χ1) is 12.6. The van der Waals surface area contributed by atoms with Crippen molar-refractivity contribution >= 4 is 5.96 Å². The van der Waals surface area contributed by atoms with Crippen LogP contribution in [0.3, 0.4) is 0 Å². The summed E-state index contributed by atoms with van der Waals surface area (Å²) in [4.78, 5) is 6.95. The van der Waals surface area contributed by atoms with Crippen molar-refractivity contribution in [2.75, 3.05) is 54.7 Å². The third kappa shape index (κ3) is 5.17. The molecule has 0 aromatic heterocycles. The summed E-state index contributed by atoms with van der Waals surface area (Å²) in [5, 5.41) is 3.35. The molecule has 0 saturated carbocycles. The first kappa shape index (κ1) is 20.2. The molecule has 1 N–H and O–H groups in total. The number of hydrogen-bond acceptors (Lipinski definition) is 5.